The number of hydrogen-bond donors (Lipinski definition) is 1. The second-order valence-corrected chi connectivity index (χ2v) is 5.38. The first-order chi connectivity index (χ1) is 8.49. The average molecular weight is 250 g/mol. The number of nitrogens with two attached hydrogens (primary N) is 1. The molecule has 1 aromatic carbocycles. The molecule has 1 rings (SSSR count). The molecule has 0 fully saturated rings. The third-order valence-electron chi connectivity index (χ3n) is 3.16. The summed E-state index contributed by atoms with van der Waals surface area (Å²) >= 11 is 0. The Morgan fingerprint density at radius 3 is 2.33 bits per heavy atom. The molecule has 0 heterocycles. The molecule has 3 nitrogen and oxygen atoms in total. The number of benzene rings is 1. The number of hydrogen-bond acceptors (Lipinski definition) is 3. The standard InChI is InChI=1S/C15H26N2O/c1-12(2)11-13(3)17(4)9-10-18-15-7-5-14(16)6-8-15/h5-8,12-13H,9-11,16H2,1-4H3. The van der Waals surface area contributed by atoms with Gasteiger partial charge in [-0.25, -0.2) is 0 Å². The van der Waals surface area contributed by atoms with Crippen LogP contribution in [0.5, 0.6) is 5.75 Å². The highest BCUT2D eigenvalue weighted by Gasteiger charge is 2.10. The largest absolute Gasteiger partial charge is 0.492 e. The van der Waals surface area contributed by atoms with E-state index in [0.29, 0.717) is 12.6 Å². The molecule has 0 saturated carbocycles. The van der Waals surface area contributed by atoms with Gasteiger partial charge in [-0.05, 0) is 50.6 Å². The third kappa shape index (κ3) is 5.41. The quantitative estimate of drug-likeness (QED) is 0.756. The van der Waals surface area contributed by atoms with Crippen molar-refractivity contribution >= 4 is 5.69 Å². The van der Waals surface area contributed by atoms with Gasteiger partial charge < -0.3 is 15.4 Å². The molecule has 18 heavy (non-hydrogen) atoms. The van der Waals surface area contributed by atoms with Crippen molar-refractivity contribution in [2.45, 2.75) is 33.2 Å². The highest BCUT2D eigenvalue weighted by molar-refractivity contribution is 5.41. The number of nitrogens with zero attached hydrogens (tertiary/aromatic N) is 1. The molecule has 0 aliphatic rings. The van der Waals surface area contributed by atoms with Crippen LogP contribution in [0.15, 0.2) is 24.3 Å². The molecule has 0 aliphatic heterocycles. The van der Waals surface area contributed by atoms with E-state index in [1.54, 1.807) is 0 Å². The molecule has 1 atom stereocenters. The SMILES string of the molecule is CC(C)CC(C)N(C)CCOc1ccc(N)cc1. The summed E-state index contributed by atoms with van der Waals surface area (Å²) in [7, 11) is 2.15. The molecular weight excluding hydrogens is 224 g/mol. The fraction of sp³-hybridized carbons (Fsp3) is 0.600. The summed E-state index contributed by atoms with van der Waals surface area (Å²) in [5.41, 5.74) is 6.39. The second kappa shape index (κ2) is 7.27. The van der Waals surface area contributed by atoms with Crippen LogP contribution in [0.25, 0.3) is 0 Å². The monoisotopic (exact) mass is 250 g/mol. The minimum absolute atomic E-state index is 0.597. The van der Waals surface area contributed by atoms with Crippen LogP contribution in [-0.2, 0) is 0 Å². The van der Waals surface area contributed by atoms with Crippen LogP contribution < -0.4 is 10.5 Å². The Balaban J connectivity index is 2.26. The predicted octanol–water partition coefficient (Wildman–Crippen LogP) is 3.01. The summed E-state index contributed by atoms with van der Waals surface area (Å²) in [5.74, 6) is 1.62. The van der Waals surface area contributed by atoms with Gasteiger partial charge in [0.05, 0.1) is 0 Å². The molecule has 0 radical (unpaired) electrons. The molecule has 3 heteroatoms. The number of rotatable bonds is 7. The summed E-state index contributed by atoms with van der Waals surface area (Å²) in [5, 5.41) is 0. The van der Waals surface area contributed by atoms with Gasteiger partial charge in [0.15, 0.2) is 0 Å². The van der Waals surface area contributed by atoms with Crippen LogP contribution in [0, 0.1) is 5.92 Å². The Hall–Kier alpha value is -1.22. The topological polar surface area (TPSA) is 38.5 Å². The van der Waals surface area contributed by atoms with Gasteiger partial charge in [0.1, 0.15) is 12.4 Å². The van der Waals surface area contributed by atoms with Gasteiger partial charge in [0.2, 0.25) is 0 Å². The van der Waals surface area contributed by atoms with E-state index in [2.05, 4.69) is 32.7 Å². The van der Waals surface area contributed by atoms with Gasteiger partial charge in [-0.3, -0.25) is 0 Å². The van der Waals surface area contributed by atoms with E-state index in [1.165, 1.54) is 6.42 Å². The first-order valence-electron chi connectivity index (χ1n) is 6.67. The summed E-state index contributed by atoms with van der Waals surface area (Å²) in [6.45, 7) is 8.44. The highest BCUT2D eigenvalue weighted by atomic mass is 16.5. The lowest BCUT2D eigenvalue weighted by molar-refractivity contribution is 0.184. The van der Waals surface area contributed by atoms with Crippen molar-refractivity contribution in [3.05, 3.63) is 24.3 Å². The van der Waals surface area contributed by atoms with Crippen molar-refractivity contribution < 1.29 is 4.74 Å². The first kappa shape index (κ1) is 14.8. The minimum atomic E-state index is 0.597. The molecule has 2 N–H and O–H groups in total. The van der Waals surface area contributed by atoms with Crippen LogP contribution >= 0.6 is 0 Å². The van der Waals surface area contributed by atoms with E-state index in [9.17, 15) is 0 Å². The van der Waals surface area contributed by atoms with Crippen molar-refractivity contribution in [3.8, 4) is 5.75 Å². The fourth-order valence-electron chi connectivity index (χ4n) is 1.95. The molecule has 1 unspecified atom stereocenters. The maximum absolute atomic E-state index is 5.69. The summed E-state index contributed by atoms with van der Waals surface area (Å²) in [6, 6.07) is 8.14. The third-order valence-corrected chi connectivity index (χ3v) is 3.16. The predicted molar refractivity (Wildman–Crippen MR) is 77.9 cm³/mol. The smallest absolute Gasteiger partial charge is 0.119 e. The molecule has 0 spiro atoms. The van der Waals surface area contributed by atoms with Crippen LogP contribution in [0.3, 0.4) is 0 Å². The maximum Gasteiger partial charge on any atom is 0.119 e. The zero-order chi connectivity index (χ0) is 13.5. The van der Waals surface area contributed by atoms with E-state index in [-0.39, 0.29) is 0 Å². The van der Waals surface area contributed by atoms with Crippen LogP contribution in [-0.4, -0.2) is 31.1 Å². The lowest BCUT2D eigenvalue weighted by Crippen LogP contribution is -2.33. The lowest BCUT2D eigenvalue weighted by Gasteiger charge is -2.26. The number of ether oxygens (including phenoxy) is 1. The zero-order valence-corrected chi connectivity index (χ0v) is 12.0. The average Bonchev–Trinajstić information content (AvgIpc) is 2.30. The van der Waals surface area contributed by atoms with Crippen molar-refractivity contribution in [1.29, 1.82) is 0 Å². The Labute approximate surface area is 111 Å². The highest BCUT2D eigenvalue weighted by Crippen LogP contribution is 2.13. The molecule has 0 saturated heterocycles. The van der Waals surface area contributed by atoms with Crippen molar-refractivity contribution in [1.82, 2.24) is 4.90 Å². The van der Waals surface area contributed by atoms with Crippen LogP contribution in [0.2, 0.25) is 0 Å². The maximum atomic E-state index is 5.69. The Kier molecular flexibility index (Phi) is 5.99. The fourth-order valence-corrected chi connectivity index (χ4v) is 1.95. The number of anilines is 1. The van der Waals surface area contributed by atoms with Gasteiger partial charge >= 0.3 is 0 Å². The molecule has 0 bridgehead atoms. The summed E-state index contributed by atoms with van der Waals surface area (Å²) < 4.78 is 5.69. The molecule has 102 valence electrons. The zero-order valence-electron chi connectivity index (χ0n) is 12.0. The number of likely N-dealkylation sites (N-methyl/N-ethyl adjacent to an activating group) is 1. The second-order valence-electron chi connectivity index (χ2n) is 5.38. The number of nitrogen functional groups attached to an aromatic ring is 1. The van der Waals surface area contributed by atoms with E-state index < -0.39 is 0 Å². The van der Waals surface area contributed by atoms with Crippen LogP contribution in [0.1, 0.15) is 27.2 Å². The molecular formula is C15H26N2O. The van der Waals surface area contributed by atoms with E-state index in [0.717, 1.165) is 23.9 Å². The van der Waals surface area contributed by atoms with E-state index in [4.69, 9.17) is 10.5 Å². The Bertz CT molecular complexity index is 335. The van der Waals surface area contributed by atoms with Crippen molar-refractivity contribution in [2.24, 2.45) is 5.92 Å². The van der Waals surface area contributed by atoms with E-state index >= 15 is 0 Å². The van der Waals surface area contributed by atoms with Crippen molar-refractivity contribution in [2.75, 3.05) is 25.9 Å². The van der Waals surface area contributed by atoms with Crippen LogP contribution in [0.4, 0.5) is 5.69 Å². The summed E-state index contributed by atoms with van der Waals surface area (Å²) in [6.07, 6.45) is 1.22. The molecule has 0 amide bonds. The lowest BCUT2D eigenvalue weighted by atomic mass is 10.0. The van der Waals surface area contributed by atoms with Gasteiger partial charge in [-0.2, -0.15) is 0 Å². The Morgan fingerprint density at radius 1 is 1.17 bits per heavy atom. The van der Waals surface area contributed by atoms with Gasteiger partial charge in [-0.1, -0.05) is 13.8 Å². The van der Waals surface area contributed by atoms with Gasteiger partial charge in [0.25, 0.3) is 0 Å². The molecule has 1 aromatic rings. The molecule has 0 aliphatic carbocycles. The summed E-state index contributed by atoms with van der Waals surface area (Å²) in [4.78, 5) is 2.34. The van der Waals surface area contributed by atoms with E-state index in [1.807, 2.05) is 24.3 Å². The van der Waals surface area contributed by atoms with Crippen molar-refractivity contribution in [3.63, 3.8) is 0 Å². The van der Waals surface area contributed by atoms with Gasteiger partial charge in [0, 0.05) is 18.3 Å². The first-order valence-corrected chi connectivity index (χ1v) is 6.67. The van der Waals surface area contributed by atoms with Gasteiger partial charge in [-0.15, -0.1) is 0 Å². The minimum Gasteiger partial charge on any atom is -0.492 e. The molecule has 0 aromatic heterocycles. The normalized spacial score (nSPS) is 13.0. The Morgan fingerprint density at radius 2 is 1.78 bits per heavy atom.